The van der Waals surface area contributed by atoms with Gasteiger partial charge in [-0.25, -0.2) is 4.79 Å². The molecule has 4 aliphatic carbocycles. The van der Waals surface area contributed by atoms with Crippen LogP contribution in [0.15, 0.2) is 11.1 Å². The third kappa shape index (κ3) is 2.69. The predicted octanol–water partition coefficient (Wildman–Crippen LogP) is 5.08. The number of hydrogen-bond acceptors (Lipinski definition) is 2. The largest absolute Gasteiger partial charge is 0.338 e. The molecule has 1 N–H and O–H groups in total. The lowest BCUT2D eigenvalue weighted by Crippen LogP contribution is -2.54. The van der Waals surface area contributed by atoms with E-state index in [2.05, 4.69) is 31.0 Å². The lowest BCUT2D eigenvalue weighted by molar-refractivity contribution is -0.132. The lowest BCUT2D eigenvalue weighted by atomic mass is 9.51. The average Bonchev–Trinajstić information content (AvgIpc) is 3.01. The van der Waals surface area contributed by atoms with E-state index in [1.165, 1.54) is 31.3 Å². The highest BCUT2D eigenvalue weighted by molar-refractivity contribution is 5.89. The molecule has 4 aliphatic rings. The molecule has 4 nitrogen and oxygen atoms in total. The summed E-state index contributed by atoms with van der Waals surface area (Å²) in [4.78, 5) is 27.9. The zero-order valence-corrected chi connectivity index (χ0v) is 18.3. The molecule has 0 aromatic carbocycles. The molecule has 156 valence electrons. The van der Waals surface area contributed by atoms with Gasteiger partial charge >= 0.3 is 6.03 Å². The maximum absolute atomic E-state index is 13.1. The number of hydrogen-bond donors (Lipinski definition) is 1. The van der Waals surface area contributed by atoms with Gasteiger partial charge in [0.2, 0.25) is 0 Å². The fourth-order valence-corrected chi connectivity index (χ4v) is 7.55. The summed E-state index contributed by atoms with van der Waals surface area (Å²) in [6.45, 7) is 10.2. The molecule has 0 heterocycles. The van der Waals surface area contributed by atoms with Gasteiger partial charge in [-0.3, -0.25) is 4.79 Å². The van der Waals surface area contributed by atoms with Crippen LogP contribution >= 0.6 is 0 Å². The van der Waals surface area contributed by atoms with E-state index < -0.39 is 0 Å². The first-order valence-corrected chi connectivity index (χ1v) is 11.7. The van der Waals surface area contributed by atoms with Crippen LogP contribution in [0.25, 0.3) is 0 Å². The number of rotatable bonds is 3. The van der Waals surface area contributed by atoms with Crippen molar-refractivity contribution in [3.8, 4) is 0 Å². The van der Waals surface area contributed by atoms with Gasteiger partial charge in [-0.1, -0.05) is 18.1 Å². The van der Waals surface area contributed by atoms with Gasteiger partial charge in [-0.2, -0.15) is 0 Å². The predicted molar refractivity (Wildman–Crippen MR) is 112 cm³/mol. The maximum Gasteiger partial charge on any atom is 0.317 e. The zero-order valence-electron chi connectivity index (χ0n) is 18.3. The van der Waals surface area contributed by atoms with Crippen LogP contribution < -0.4 is 5.32 Å². The smallest absolute Gasteiger partial charge is 0.317 e. The van der Waals surface area contributed by atoms with E-state index in [1.54, 1.807) is 5.57 Å². The standard InChI is InChI=1S/C24H38N2O2/c1-5-25-22(28)26(6-2)20-13-12-18-17-11-10-16-8-7-9-21(27)24(16,4)19(17)14-15-23(18,20)3/h16,18,20H,5-15H2,1-4H3,(H,25,28)/t16?,18-,20?,23-,24-/m0/s1. The van der Waals surface area contributed by atoms with E-state index in [0.29, 0.717) is 30.2 Å². The van der Waals surface area contributed by atoms with Gasteiger partial charge in [-0.15, -0.1) is 0 Å². The van der Waals surface area contributed by atoms with Crippen LogP contribution in [0.5, 0.6) is 0 Å². The SMILES string of the molecule is CCNC(=O)N(CC)C1CC[C@H]2C3=C(CC[C@]12C)[C@@]1(C)C(=O)CCCC1CC3. The fourth-order valence-electron chi connectivity index (χ4n) is 7.55. The van der Waals surface area contributed by atoms with Gasteiger partial charge in [0.25, 0.3) is 0 Å². The molecular formula is C24H38N2O2. The number of allylic oxidation sites excluding steroid dienone is 2. The van der Waals surface area contributed by atoms with Gasteiger partial charge in [0.15, 0.2) is 0 Å². The van der Waals surface area contributed by atoms with Crippen LogP contribution in [0.4, 0.5) is 4.79 Å². The first kappa shape index (κ1) is 20.0. The Balaban J connectivity index is 1.67. The molecule has 4 rings (SSSR count). The molecule has 2 amide bonds. The Labute approximate surface area is 170 Å². The zero-order chi connectivity index (χ0) is 20.1. The number of nitrogens with one attached hydrogen (secondary N) is 1. The molecule has 0 spiro atoms. The average molecular weight is 387 g/mol. The van der Waals surface area contributed by atoms with Gasteiger partial charge in [0.05, 0.1) is 5.41 Å². The van der Waals surface area contributed by atoms with Gasteiger partial charge in [0, 0.05) is 25.6 Å². The minimum atomic E-state index is -0.185. The second-order valence-corrected chi connectivity index (χ2v) is 10.0. The normalized spacial score (nSPS) is 39.9. The van der Waals surface area contributed by atoms with E-state index in [0.717, 1.165) is 38.6 Å². The monoisotopic (exact) mass is 386 g/mol. The molecule has 0 bridgehead atoms. The van der Waals surface area contributed by atoms with Crippen LogP contribution in [-0.4, -0.2) is 35.8 Å². The fraction of sp³-hybridized carbons (Fsp3) is 0.833. The van der Waals surface area contributed by atoms with Crippen molar-refractivity contribution in [1.29, 1.82) is 0 Å². The Hall–Kier alpha value is -1.32. The summed E-state index contributed by atoms with van der Waals surface area (Å²) < 4.78 is 0. The first-order chi connectivity index (χ1) is 13.4. The lowest BCUT2D eigenvalue weighted by Gasteiger charge is -2.53. The number of ketones is 1. The molecule has 0 radical (unpaired) electrons. The second kappa shape index (κ2) is 7.18. The Morgan fingerprint density at radius 2 is 1.89 bits per heavy atom. The third-order valence-electron chi connectivity index (χ3n) is 9.05. The van der Waals surface area contributed by atoms with Crippen LogP contribution in [0.3, 0.4) is 0 Å². The van der Waals surface area contributed by atoms with Crippen molar-refractivity contribution in [2.45, 2.75) is 91.5 Å². The molecule has 2 unspecified atom stereocenters. The van der Waals surface area contributed by atoms with E-state index in [9.17, 15) is 9.59 Å². The molecular weight excluding hydrogens is 348 g/mol. The Morgan fingerprint density at radius 3 is 2.61 bits per heavy atom. The molecule has 5 atom stereocenters. The van der Waals surface area contributed by atoms with Crippen molar-refractivity contribution in [2.24, 2.45) is 22.7 Å². The molecule has 4 heteroatoms. The molecule has 2 fully saturated rings. The second-order valence-electron chi connectivity index (χ2n) is 10.0. The number of amides is 2. The number of urea groups is 1. The molecule has 0 aromatic rings. The third-order valence-corrected chi connectivity index (χ3v) is 9.05. The van der Waals surface area contributed by atoms with Crippen LogP contribution in [0.1, 0.15) is 85.5 Å². The van der Waals surface area contributed by atoms with Gasteiger partial charge in [-0.05, 0) is 89.4 Å². The summed E-state index contributed by atoms with van der Waals surface area (Å²) in [5.74, 6) is 1.63. The highest BCUT2D eigenvalue weighted by atomic mass is 16.2. The van der Waals surface area contributed by atoms with Crippen LogP contribution in [-0.2, 0) is 4.79 Å². The van der Waals surface area contributed by atoms with Crippen molar-refractivity contribution >= 4 is 11.8 Å². The van der Waals surface area contributed by atoms with E-state index in [1.807, 2.05) is 6.92 Å². The number of fused-ring (bicyclic) bond motifs is 4. The Bertz CT molecular complexity index is 699. The molecule has 0 aliphatic heterocycles. The highest BCUT2D eigenvalue weighted by Crippen LogP contribution is 2.63. The quantitative estimate of drug-likeness (QED) is 0.688. The van der Waals surface area contributed by atoms with Crippen molar-refractivity contribution in [3.05, 3.63) is 11.1 Å². The van der Waals surface area contributed by atoms with Gasteiger partial charge < -0.3 is 10.2 Å². The highest BCUT2D eigenvalue weighted by Gasteiger charge is 2.57. The molecule has 2 saturated carbocycles. The van der Waals surface area contributed by atoms with Gasteiger partial charge in [0.1, 0.15) is 5.78 Å². The summed E-state index contributed by atoms with van der Waals surface area (Å²) in [7, 11) is 0. The Morgan fingerprint density at radius 1 is 1.11 bits per heavy atom. The summed E-state index contributed by atoms with van der Waals surface area (Å²) >= 11 is 0. The number of Topliss-reactive ketones (excluding diaryl/α,β-unsaturated/α-hetero) is 1. The summed E-state index contributed by atoms with van der Waals surface area (Å²) in [5, 5.41) is 3.02. The molecule has 0 saturated heterocycles. The summed E-state index contributed by atoms with van der Waals surface area (Å²) in [5.41, 5.74) is 3.12. The Kier molecular flexibility index (Phi) is 5.12. The topological polar surface area (TPSA) is 49.4 Å². The summed E-state index contributed by atoms with van der Waals surface area (Å²) in [6.07, 6.45) is 9.90. The van der Waals surface area contributed by atoms with Crippen molar-refractivity contribution < 1.29 is 9.59 Å². The molecule has 0 aromatic heterocycles. The maximum atomic E-state index is 13.1. The van der Waals surface area contributed by atoms with E-state index in [-0.39, 0.29) is 16.9 Å². The van der Waals surface area contributed by atoms with Crippen molar-refractivity contribution in [2.75, 3.05) is 13.1 Å². The minimum Gasteiger partial charge on any atom is -0.338 e. The van der Waals surface area contributed by atoms with Crippen LogP contribution in [0.2, 0.25) is 0 Å². The van der Waals surface area contributed by atoms with Crippen LogP contribution in [0, 0.1) is 22.7 Å². The van der Waals surface area contributed by atoms with Crippen molar-refractivity contribution in [3.63, 3.8) is 0 Å². The van der Waals surface area contributed by atoms with Crippen molar-refractivity contribution in [1.82, 2.24) is 10.2 Å². The molecule has 28 heavy (non-hydrogen) atoms. The number of carbonyl (C=O) groups excluding carboxylic acids is 2. The first-order valence-electron chi connectivity index (χ1n) is 11.7. The number of nitrogens with zero attached hydrogens (tertiary/aromatic N) is 1. The summed E-state index contributed by atoms with van der Waals surface area (Å²) in [6, 6.07) is 0.408. The van der Waals surface area contributed by atoms with E-state index >= 15 is 0 Å². The van der Waals surface area contributed by atoms with E-state index in [4.69, 9.17) is 0 Å². The number of carbonyl (C=O) groups is 2. The minimum absolute atomic E-state index is 0.0924.